The van der Waals surface area contributed by atoms with Crippen LogP contribution in [0.3, 0.4) is 0 Å². The smallest absolute Gasteiger partial charge is 0.230 e. The molecule has 2 heterocycles. The van der Waals surface area contributed by atoms with Crippen LogP contribution in [0.25, 0.3) is 21.3 Å². The van der Waals surface area contributed by atoms with Crippen molar-refractivity contribution >= 4 is 39.2 Å². The first-order valence-electron chi connectivity index (χ1n) is 8.90. The molecule has 0 saturated carbocycles. The zero-order valence-corrected chi connectivity index (χ0v) is 16.9. The average Bonchev–Trinajstić information content (AvgIpc) is 3.05. The van der Waals surface area contributed by atoms with Gasteiger partial charge in [0, 0.05) is 10.4 Å². The molecule has 0 aliphatic carbocycles. The summed E-state index contributed by atoms with van der Waals surface area (Å²) in [5, 5.41) is 1.60. The molecule has 0 radical (unpaired) electrons. The second kappa shape index (κ2) is 8.18. The number of nitrogens with two attached hydrogens (primary N) is 1. The first-order chi connectivity index (χ1) is 12.6. The molecule has 136 valence electrons. The number of aromatic nitrogens is 2. The number of carbonyl (C=O) groups is 1. The lowest BCUT2D eigenvalue weighted by Crippen LogP contribution is -2.24. The molecule has 0 aliphatic rings. The molecule has 1 amide bonds. The Morgan fingerprint density at radius 3 is 2.46 bits per heavy atom. The number of aryl methyl sites for hydroxylation is 2. The van der Waals surface area contributed by atoms with Crippen molar-refractivity contribution < 1.29 is 4.79 Å². The summed E-state index contributed by atoms with van der Waals surface area (Å²) < 4.78 is 0. The summed E-state index contributed by atoms with van der Waals surface area (Å²) in [6.45, 7) is 6.28. The monoisotopic (exact) mass is 385 g/mol. The number of thiophene rings is 1. The number of carbonyl (C=O) groups excluding carboxylic acids is 1. The van der Waals surface area contributed by atoms with Gasteiger partial charge in [-0.05, 0) is 30.4 Å². The second-order valence-corrected chi connectivity index (χ2v) is 8.36. The van der Waals surface area contributed by atoms with Gasteiger partial charge in [-0.25, -0.2) is 9.97 Å². The van der Waals surface area contributed by atoms with E-state index in [2.05, 4.69) is 48.1 Å². The molecule has 0 bridgehead atoms. The Bertz CT molecular complexity index is 919. The van der Waals surface area contributed by atoms with E-state index in [0.29, 0.717) is 6.42 Å². The second-order valence-electron chi connectivity index (χ2n) is 6.08. The van der Waals surface area contributed by atoms with Crippen LogP contribution in [-0.2, 0) is 17.6 Å². The van der Waals surface area contributed by atoms with Crippen molar-refractivity contribution in [3.63, 3.8) is 0 Å². The van der Waals surface area contributed by atoms with Gasteiger partial charge in [0.1, 0.15) is 16.2 Å². The maximum absolute atomic E-state index is 11.7. The molecule has 2 aromatic heterocycles. The van der Waals surface area contributed by atoms with E-state index < -0.39 is 0 Å². The fourth-order valence-electron chi connectivity index (χ4n) is 2.98. The Morgan fingerprint density at radius 1 is 1.15 bits per heavy atom. The van der Waals surface area contributed by atoms with Crippen LogP contribution in [0.1, 0.15) is 37.6 Å². The average molecular weight is 386 g/mol. The van der Waals surface area contributed by atoms with E-state index in [1.165, 1.54) is 33.3 Å². The molecular formula is C20H23N3OS2. The molecule has 0 fully saturated rings. The summed E-state index contributed by atoms with van der Waals surface area (Å²) in [5.41, 5.74) is 9.23. The fourth-order valence-corrected chi connectivity index (χ4v) is 5.12. The van der Waals surface area contributed by atoms with Crippen LogP contribution in [0, 0.1) is 0 Å². The third kappa shape index (κ3) is 3.62. The minimum atomic E-state index is -0.302. The van der Waals surface area contributed by atoms with Gasteiger partial charge < -0.3 is 5.73 Å². The van der Waals surface area contributed by atoms with Crippen molar-refractivity contribution in [2.75, 3.05) is 0 Å². The highest BCUT2D eigenvalue weighted by Gasteiger charge is 2.22. The number of primary amides is 1. The maximum atomic E-state index is 11.7. The largest absolute Gasteiger partial charge is 0.369 e. The zero-order valence-electron chi connectivity index (χ0n) is 15.3. The van der Waals surface area contributed by atoms with Crippen LogP contribution in [0.2, 0.25) is 0 Å². The Morgan fingerprint density at radius 2 is 1.88 bits per heavy atom. The number of hydrogen-bond acceptors (Lipinski definition) is 5. The van der Waals surface area contributed by atoms with Crippen molar-refractivity contribution in [1.29, 1.82) is 0 Å². The Kier molecular flexibility index (Phi) is 5.94. The van der Waals surface area contributed by atoms with Gasteiger partial charge in [-0.1, -0.05) is 56.8 Å². The Balaban J connectivity index is 2.18. The first-order valence-corrected chi connectivity index (χ1v) is 10.6. The lowest BCUT2D eigenvalue weighted by atomic mass is 10.0. The third-order valence-electron chi connectivity index (χ3n) is 4.44. The van der Waals surface area contributed by atoms with E-state index in [9.17, 15) is 4.79 Å². The number of hydrogen-bond donors (Lipinski definition) is 1. The summed E-state index contributed by atoms with van der Waals surface area (Å²) in [6.07, 6.45) is 4.21. The number of fused-ring (bicyclic) bond motifs is 1. The molecule has 4 nitrogen and oxygen atoms in total. The quantitative estimate of drug-likeness (QED) is 0.467. The minimum absolute atomic E-state index is 0.284. The number of benzene rings is 1. The molecule has 2 N–H and O–H groups in total. The minimum Gasteiger partial charge on any atom is -0.369 e. The predicted molar refractivity (Wildman–Crippen MR) is 111 cm³/mol. The highest BCUT2D eigenvalue weighted by molar-refractivity contribution is 8.00. The molecular weight excluding hydrogens is 362 g/mol. The Labute approximate surface area is 162 Å². The number of rotatable bonds is 7. The van der Waals surface area contributed by atoms with Gasteiger partial charge in [0.15, 0.2) is 0 Å². The molecule has 0 aliphatic heterocycles. The van der Waals surface area contributed by atoms with E-state index in [1.807, 2.05) is 6.92 Å². The van der Waals surface area contributed by atoms with Crippen molar-refractivity contribution in [2.24, 2.45) is 5.73 Å². The lowest BCUT2D eigenvalue weighted by molar-refractivity contribution is -0.117. The van der Waals surface area contributed by atoms with Gasteiger partial charge in [0.05, 0.1) is 10.6 Å². The summed E-state index contributed by atoms with van der Waals surface area (Å²) in [7, 11) is 0. The van der Waals surface area contributed by atoms with Crippen molar-refractivity contribution in [3.05, 3.63) is 41.0 Å². The normalized spacial score (nSPS) is 12.4. The molecule has 0 spiro atoms. The molecule has 0 saturated heterocycles. The highest BCUT2D eigenvalue weighted by atomic mass is 32.2. The molecule has 1 unspecified atom stereocenters. The van der Waals surface area contributed by atoms with Crippen LogP contribution in [0.4, 0.5) is 0 Å². The van der Waals surface area contributed by atoms with E-state index in [1.54, 1.807) is 17.7 Å². The summed E-state index contributed by atoms with van der Waals surface area (Å²) in [4.78, 5) is 23.0. The topological polar surface area (TPSA) is 68.9 Å². The highest BCUT2D eigenvalue weighted by Crippen LogP contribution is 2.43. The van der Waals surface area contributed by atoms with Gasteiger partial charge in [0.25, 0.3) is 0 Å². The van der Waals surface area contributed by atoms with Crippen LogP contribution in [0.15, 0.2) is 35.6 Å². The van der Waals surface area contributed by atoms with E-state index >= 15 is 0 Å². The molecule has 26 heavy (non-hydrogen) atoms. The van der Waals surface area contributed by atoms with Gasteiger partial charge in [-0.15, -0.1) is 11.3 Å². The van der Waals surface area contributed by atoms with Crippen LogP contribution < -0.4 is 5.73 Å². The van der Waals surface area contributed by atoms with Crippen LogP contribution in [-0.4, -0.2) is 21.1 Å². The third-order valence-corrected chi connectivity index (χ3v) is 7.07. The molecule has 3 rings (SSSR count). The number of amides is 1. The van der Waals surface area contributed by atoms with E-state index in [0.717, 1.165) is 28.1 Å². The van der Waals surface area contributed by atoms with Gasteiger partial charge in [0.2, 0.25) is 5.91 Å². The van der Waals surface area contributed by atoms with Crippen molar-refractivity contribution in [3.8, 4) is 11.1 Å². The van der Waals surface area contributed by atoms with Gasteiger partial charge >= 0.3 is 0 Å². The number of nitrogens with zero attached hydrogens (tertiary/aromatic N) is 2. The maximum Gasteiger partial charge on any atom is 0.230 e. The van der Waals surface area contributed by atoms with Crippen LogP contribution in [0.5, 0.6) is 0 Å². The van der Waals surface area contributed by atoms with E-state index in [4.69, 9.17) is 5.73 Å². The Hall–Kier alpha value is -1.92. The summed E-state index contributed by atoms with van der Waals surface area (Å²) in [6, 6.07) is 8.69. The van der Waals surface area contributed by atoms with Gasteiger partial charge in [-0.2, -0.15) is 0 Å². The van der Waals surface area contributed by atoms with Crippen LogP contribution >= 0.6 is 23.1 Å². The van der Waals surface area contributed by atoms with Gasteiger partial charge in [-0.3, -0.25) is 4.79 Å². The van der Waals surface area contributed by atoms with E-state index in [-0.39, 0.29) is 11.2 Å². The van der Waals surface area contributed by atoms with Crippen molar-refractivity contribution in [1.82, 2.24) is 9.97 Å². The summed E-state index contributed by atoms with van der Waals surface area (Å²) in [5.74, 6) is -0.302. The lowest BCUT2D eigenvalue weighted by Gasteiger charge is -2.12. The fraction of sp³-hybridized carbons (Fsp3) is 0.350. The number of thioether (sulfide) groups is 1. The standard InChI is InChI=1S/C20H23N3OS2/c1-4-12-7-9-13(10-8-12)16-14(5-2)25-19-17(16)20(23-11-22-19)26-15(6-3)18(21)24/h7-11,15H,4-6H2,1-3H3,(H2,21,24). The molecule has 1 atom stereocenters. The summed E-state index contributed by atoms with van der Waals surface area (Å²) >= 11 is 3.15. The first kappa shape index (κ1) is 18.9. The molecule has 6 heteroatoms. The molecule has 3 aromatic rings. The molecule has 1 aromatic carbocycles. The SMILES string of the molecule is CCc1ccc(-c2c(CC)sc3ncnc(SC(CC)C(N)=O)c23)cc1. The predicted octanol–water partition coefficient (Wildman–Crippen LogP) is 4.84. The van der Waals surface area contributed by atoms with Crippen molar-refractivity contribution in [2.45, 2.75) is 50.3 Å². The zero-order chi connectivity index (χ0) is 18.7.